The molecule has 0 radical (unpaired) electrons. The molecule has 180 valence electrons. The van der Waals surface area contributed by atoms with Crippen molar-refractivity contribution in [2.75, 3.05) is 18.0 Å². The van der Waals surface area contributed by atoms with Gasteiger partial charge in [0.2, 0.25) is 0 Å². The van der Waals surface area contributed by atoms with Gasteiger partial charge in [0.25, 0.3) is 11.8 Å². The highest BCUT2D eigenvalue weighted by molar-refractivity contribution is 7.85. The van der Waals surface area contributed by atoms with E-state index in [-0.39, 0.29) is 18.4 Å². The molecule has 5 nitrogen and oxygen atoms in total. The van der Waals surface area contributed by atoms with Gasteiger partial charge in [0.15, 0.2) is 0 Å². The molecule has 35 heavy (non-hydrogen) atoms. The van der Waals surface area contributed by atoms with Gasteiger partial charge in [-0.25, -0.2) is 8.60 Å². The van der Waals surface area contributed by atoms with Crippen LogP contribution in [0.3, 0.4) is 0 Å². The van der Waals surface area contributed by atoms with Gasteiger partial charge >= 0.3 is 0 Å². The van der Waals surface area contributed by atoms with Crippen LogP contribution in [0.4, 0.5) is 10.1 Å². The van der Waals surface area contributed by atoms with Crippen LogP contribution in [-0.2, 0) is 17.3 Å². The molecule has 0 saturated carbocycles. The molecule has 0 bridgehead atoms. The van der Waals surface area contributed by atoms with E-state index in [2.05, 4.69) is 13.8 Å². The first kappa shape index (κ1) is 23.4. The van der Waals surface area contributed by atoms with Gasteiger partial charge in [-0.05, 0) is 54.7 Å². The molecule has 0 aliphatic carbocycles. The van der Waals surface area contributed by atoms with Crippen LogP contribution in [0.25, 0.3) is 0 Å². The van der Waals surface area contributed by atoms with Crippen molar-refractivity contribution in [1.82, 2.24) is 4.90 Å². The van der Waals surface area contributed by atoms with E-state index in [1.807, 2.05) is 4.90 Å². The molecule has 1 saturated heterocycles. The molecule has 0 spiro atoms. The Morgan fingerprint density at radius 1 is 0.971 bits per heavy atom. The lowest BCUT2D eigenvalue weighted by molar-refractivity contribution is 0.0623. The Balaban J connectivity index is 1.61. The zero-order valence-electron chi connectivity index (χ0n) is 19.7. The third-order valence-corrected chi connectivity index (χ3v) is 8.20. The van der Waals surface area contributed by atoms with Crippen molar-refractivity contribution in [1.29, 1.82) is 0 Å². The molecule has 1 fully saturated rings. The van der Waals surface area contributed by atoms with Gasteiger partial charge in [-0.1, -0.05) is 44.2 Å². The fourth-order valence-corrected chi connectivity index (χ4v) is 6.51. The first-order valence-corrected chi connectivity index (χ1v) is 13.0. The summed E-state index contributed by atoms with van der Waals surface area (Å²) in [7, 11) is -1.63. The first-order chi connectivity index (χ1) is 16.8. The number of benzene rings is 3. The van der Waals surface area contributed by atoms with Gasteiger partial charge in [0.1, 0.15) is 5.82 Å². The maximum Gasteiger partial charge on any atom is 0.259 e. The summed E-state index contributed by atoms with van der Waals surface area (Å²) in [5.74, 6) is -0.101. The average Bonchev–Trinajstić information content (AvgIpc) is 2.93. The van der Waals surface area contributed by atoms with Crippen molar-refractivity contribution in [2.24, 2.45) is 11.8 Å². The second-order valence-electron chi connectivity index (χ2n) is 9.59. The quantitative estimate of drug-likeness (QED) is 0.503. The number of nitrogens with zero attached hydrogens (tertiary/aromatic N) is 2. The van der Waals surface area contributed by atoms with Crippen LogP contribution in [0.1, 0.15) is 46.5 Å². The molecule has 0 aromatic heterocycles. The van der Waals surface area contributed by atoms with E-state index in [0.717, 1.165) is 6.42 Å². The lowest BCUT2D eigenvalue weighted by Gasteiger charge is -2.35. The Hall–Kier alpha value is -3.32. The second kappa shape index (κ2) is 9.38. The first-order valence-electron chi connectivity index (χ1n) is 11.8. The SMILES string of the molecule is CC1CC(C)CN(C(=O)c2ccc3c(c2)N(Cc2ccccc2F)C(=O)c2ccccc2S3=O)C1. The van der Waals surface area contributed by atoms with Crippen molar-refractivity contribution in [3.05, 3.63) is 89.2 Å². The predicted molar refractivity (Wildman–Crippen MR) is 133 cm³/mol. The van der Waals surface area contributed by atoms with E-state index >= 15 is 0 Å². The van der Waals surface area contributed by atoms with Crippen LogP contribution in [0.5, 0.6) is 0 Å². The molecule has 7 heteroatoms. The number of fused-ring (bicyclic) bond motifs is 2. The molecule has 2 aliphatic rings. The second-order valence-corrected chi connectivity index (χ2v) is 11.0. The summed E-state index contributed by atoms with van der Waals surface area (Å²) in [4.78, 5) is 31.3. The molecular formula is C28H27FN2O3S. The maximum atomic E-state index is 14.6. The smallest absolute Gasteiger partial charge is 0.259 e. The van der Waals surface area contributed by atoms with Gasteiger partial charge in [-0.2, -0.15) is 0 Å². The highest BCUT2D eigenvalue weighted by Gasteiger charge is 2.33. The fourth-order valence-electron chi connectivity index (χ4n) is 5.16. The Morgan fingerprint density at radius 2 is 1.66 bits per heavy atom. The van der Waals surface area contributed by atoms with Gasteiger partial charge in [-0.3, -0.25) is 9.59 Å². The minimum absolute atomic E-state index is 0.0422. The Morgan fingerprint density at radius 3 is 2.40 bits per heavy atom. The number of rotatable bonds is 3. The van der Waals surface area contributed by atoms with Crippen molar-refractivity contribution >= 4 is 28.3 Å². The van der Waals surface area contributed by atoms with E-state index in [9.17, 15) is 18.2 Å². The summed E-state index contributed by atoms with van der Waals surface area (Å²) in [5, 5.41) is 0. The number of carbonyl (C=O) groups excluding carboxylic acids is 2. The zero-order chi connectivity index (χ0) is 24.7. The van der Waals surface area contributed by atoms with Crippen LogP contribution in [0.15, 0.2) is 76.5 Å². The molecule has 2 aliphatic heterocycles. The highest BCUT2D eigenvalue weighted by atomic mass is 32.2. The minimum Gasteiger partial charge on any atom is -0.338 e. The summed E-state index contributed by atoms with van der Waals surface area (Å²) in [5.41, 5.74) is 1.45. The van der Waals surface area contributed by atoms with E-state index in [1.165, 1.54) is 11.0 Å². The predicted octanol–water partition coefficient (Wildman–Crippen LogP) is 5.27. The van der Waals surface area contributed by atoms with Crippen LogP contribution >= 0.6 is 0 Å². The average molecular weight is 491 g/mol. The number of halogens is 1. The number of likely N-dealkylation sites (tertiary alicyclic amines) is 1. The normalized spacial score (nSPS) is 21.8. The van der Waals surface area contributed by atoms with Gasteiger partial charge in [-0.15, -0.1) is 0 Å². The highest BCUT2D eigenvalue weighted by Crippen LogP contribution is 2.36. The van der Waals surface area contributed by atoms with Gasteiger partial charge in [0.05, 0.1) is 38.4 Å². The van der Waals surface area contributed by atoms with Crippen LogP contribution in [-0.4, -0.2) is 34.0 Å². The molecular weight excluding hydrogens is 463 g/mol. The lowest BCUT2D eigenvalue weighted by atomic mass is 9.91. The number of amides is 2. The number of hydrogen-bond acceptors (Lipinski definition) is 3. The third-order valence-electron chi connectivity index (χ3n) is 6.70. The topological polar surface area (TPSA) is 57.7 Å². The minimum atomic E-state index is -1.63. The lowest BCUT2D eigenvalue weighted by Crippen LogP contribution is -2.42. The van der Waals surface area contributed by atoms with E-state index in [4.69, 9.17) is 0 Å². The standard InChI is InChI=1S/C28H27FN2O3S/c1-18-13-19(2)16-30(15-18)27(32)20-11-12-26-24(14-20)31(17-21-7-3-5-9-23(21)29)28(33)22-8-4-6-10-25(22)35(26)34/h3-12,14,18-19H,13,15-17H2,1-2H3. The molecule has 2 amide bonds. The third kappa shape index (κ3) is 4.41. The number of anilines is 1. The number of hydrogen-bond donors (Lipinski definition) is 0. The largest absolute Gasteiger partial charge is 0.338 e. The van der Waals surface area contributed by atoms with Crippen molar-refractivity contribution in [2.45, 2.75) is 36.6 Å². The summed E-state index contributed by atoms with van der Waals surface area (Å²) >= 11 is 0. The van der Waals surface area contributed by atoms with Crippen LogP contribution in [0.2, 0.25) is 0 Å². The van der Waals surface area contributed by atoms with Crippen molar-refractivity contribution in [3.8, 4) is 0 Å². The van der Waals surface area contributed by atoms with Crippen LogP contribution in [0, 0.1) is 17.7 Å². The van der Waals surface area contributed by atoms with E-state index in [1.54, 1.807) is 60.7 Å². The summed E-state index contributed by atoms with van der Waals surface area (Å²) < 4.78 is 28.2. The molecule has 0 N–H and O–H groups in total. The fraction of sp³-hybridized carbons (Fsp3) is 0.286. The Bertz CT molecular complexity index is 1330. The maximum absolute atomic E-state index is 14.6. The summed E-state index contributed by atoms with van der Waals surface area (Å²) in [6.45, 7) is 5.59. The van der Waals surface area contributed by atoms with Crippen molar-refractivity contribution in [3.63, 3.8) is 0 Å². The molecule has 3 atom stereocenters. The van der Waals surface area contributed by atoms with Gasteiger partial charge in [0, 0.05) is 24.2 Å². The molecule has 2 heterocycles. The van der Waals surface area contributed by atoms with Crippen molar-refractivity contribution < 1.29 is 18.2 Å². The number of piperidine rings is 1. The Labute approximate surface area is 207 Å². The van der Waals surface area contributed by atoms with E-state index < -0.39 is 16.6 Å². The molecule has 5 rings (SSSR count). The molecule has 3 aromatic carbocycles. The monoisotopic (exact) mass is 490 g/mol. The van der Waals surface area contributed by atoms with Crippen LogP contribution < -0.4 is 4.90 Å². The van der Waals surface area contributed by atoms with E-state index in [0.29, 0.717) is 57.1 Å². The molecule has 3 unspecified atom stereocenters. The number of carbonyl (C=O) groups is 2. The summed E-state index contributed by atoms with van der Waals surface area (Å²) in [6.07, 6.45) is 1.08. The van der Waals surface area contributed by atoms with Gasteiger partial charge < -0.3 is 9.80 Å². The molecule has 3 aromatic rings. The zero-order valence-corrected chi connectivity index (χ0v) is 20.6. The Kier molecular flexibility index (Phi) is 6.28. The summed E-state index contributed by atoms with van der Waals surface area (Å²) in [6, 6.07) is 18.1.